The minimum absolute atomic E-state index is 0.0407. The van der Waals surface area contributed by atoms with Gasteiger partial charge in [-0.25, -0.2) is 0 Å². The molecule has 0 bridgehead atoms. The van der Waals surface area contributed by atoms with E-state index in [2.05, 4.69) is 9.88 Å². The Kier molecular flexibility index (Phi) is 3.93. The van der Waals surface area contributed by atoms with Gasteiger partial charge in [0.05, 0.1) is 30.2 Å². The Hall–Kier alpha value is -1.17. The average molecular weight is 237 g/mol. The van der Waals surface area contributed by atoms with Gasteiger partial charge in [-0.1, -0.05) is 0 Å². The molecule has 2 atom stereocenters. The van der Waals surface area contributed by atoms with E-state index in [4.69, 9.17) is 10.5 Å². The van der Waals surface area contributed by atoms with Gasteiger partial charge in [-0.2, -0.15) is 0 Å². The maximum Gasteiger partial charge on any atom is 0.0984 e. The summed E-state index contributed by atoms with van der Waals surface area (Å²) in [6.07, 6.45) is 1.72. The summed E-state index contributed by atoms with van der Waals surface area (Å²) in [4.78, 5) is 6.46. The first-order valence-electron chi connectivity index (χ1n) is 5.89. The number of aliphatic hydroxyl groups excluding tert-OH is 1. The Bertz CT molecular complexity index is 373. The molecule has 0 spiro atoms. The first-order valence-corrected chi connectivity index (χ1v) is 5.89. The number of hydrogen-bond acceptors (Lipinski definition) is 5. The van der Waals surface area contributed by atoms with Crippen molar-refractivity contribution in [1.82, 2.24) is 4.98 Å². The Balaban J connectivity index is 2.20. The molecule has 2 heterocycles. The summed E-state index contributed by atoms with van der Waals surface area (Å²) in [5.74, 6) is 0. The summed E-state index contributed by atoms with van der Waals surface area (Å²) in [5.41, 5.74) is 7.62. The largest absolute Gasteiger partial charge is 0.394 e. The van der Waals surface area contributed by atoms with Crippen molar-refractivity contribution < 1.29 is 9.84 Å². The number of pyridine rings is 1. The Morgan fingerprint density at radius 2 is 2.41 bits per heavy atom. The monoisotopic (exact) mass is 237 g/mol. The van der Waals surface area contributed by atoms with E-state index < -0.39 is 0 Å². The van der Waals surface area contributed by atoms with Gasteiger partial charge in [0.15, 0.2) is 0 Å². The first kappa shape index (κ1) is 12.3. The lowest BCUT2D eigenvalue weighted by Crippen LogP contribution is -2.48. The molecule has 5 nitrogen and oxygen atoms in total. The quantitative estimate of drug-likeness (QED) is 0.781. The second kappa shape index (κ2) is 5.44. The summed E-state index contributed by atoms with van der Waals surface area (Å²) in [5, 5.41) is 9.21. The third-order valence-corrected chi connectivity index (χ3v) is 2.93. The van der Waals surface area contributed by atoms with Gasteiger partial charge in [0.2, 0.25) is 0 Å². The van der Waals surface area contributed by atoms with E-state index in [0.29, 0.717) is 13.1 Å². The van der Waals surface area contributed by atoms with Crippen molar-refractivity contribution in [2.75, 3.05) is 24.6 Å². The number of aromatic nitrogens is 1. The van der Waals surface area contributed by atoms with Crippen molar-refractivity contribution in [1.29, 1.82) is 0 Å². The zero-order chi connectivity index (χ0) is 12.3. The predicted octanol–water partition coefficient (Wildman–Crippen LogP) is 0.126. The van der Waals surface area contributed by atoms with Crippen LogP contribution in [-0.4, -0.2) is 42.0 Å². The molecule has 0 amide bonds. The zero-order valence-electron chi connectivity index (χ0n) is 10.0. The van der Waals surface area contributed by atoms with Crippen LogP contribution in [0.5, 0.6) is 0 Å². The fourth-order valence-electron chi connectivity index (χ4n) is 2.22. The molecule has 1 fully saturated rings. The number of anilines is 1. The number of nitrogens with two attached hydrogens (primary N) is 1. The molecule has 3 N–H and O–H groups in total. The molecule has 1 aliphatic rings. The Morgan fingerprint density at radius 1 is 1.59 bits per heavy atom. The van der Waals surface area contributed by atoms with Gasteiger partial charge >= 0.3 is 0 Å². The minimum Gasteiger partial charge on any atom is -0.394 e. The van der Waals surface area contributed by atoms with Crippen LogP contribution in [0.4, 0.5) is 5.69 Å². The van der Waals surface area contributed by atoms with Crippen LogP contribution in [0.3, 0.4) is 0 Å². The van der Waals surface area contributed by atoms with E-state index in [9.17, 15) is 5.11 Å². The summed E-state index contributed by atoms with van der Waals surface area (Å²) in [7, 11) is 0. The van der Waals surface area contributed by atoms with E-state index in [0.717, 1.165) is 17.9 Å². The molecule has 1 aliphatic heterocycles. The Labute approximate surface area is 101 Å². The van der Waals surface area contributed by atoms with Crippen LogP contribution in [0, 0.1) is 0 Å². The van der Waals surface area contributed by atoms with Crippen LogP contribution in [-0.2, 0) is 11.3 Å². The molecule has 5 heteroatoms. The van der Waals surface area contributed by atoms with E-state index in [1.807, 2.05) is 19.1 Å². The molecule has 0 aromatic carbocycles. The van der Waals surface area contributed by atoms with Crippen LogP contribution >= 0.6 is 0 Å². The van der Waals surface area contributed by atoms with Crippen molar-refractivity contribution in [3.05, 3.63) is 24.0 Å². The highest BCUT2D eigenvalue weighted by molar-refractivity contribution is 5.51. The zero-order valence-corrected chi connectivity index (χ0v) is 10.0. The highest BCUT2D eigenvalue weighted by Gasteiger charge is 2.26. The second-order valence-corrected chi connectivity index (χ2v) is 4.33. The van der Waals surface area contributed by atoms with Crippen LogP contribution in [0.15, 0.2) is 18.3 Å². The summed E-state index contributed by atoms with van der Waals surface area (Å²) >= 11 is 0. The number of aliphatic hydroxyl groups is 1. The lowest BCUT2D eigenvalue weighted by atomic mass is 10.1. The van der Waals surface area contributed by atoms with E-state index in [1.165, 1.54) is 0 Å². The molecule has 1 aromatic rings. The first-order chi connectivity index (χ1) is 8.24. The van der Waals surface area contributed by atoms with E-state index in [-0.39, 0.29) is 18.8 Å². The standard InChI is InChI=1S/C12H19N3O2/c1-9-6-15(7-10(8-16)17-9)12-3-2-4-14-11(12)5-13/h2-4,9-10,16H,5-8,13H2,1H3. The SMILES string of the molecule is CC1CN(c2cccnc2CN)CC(CO)O1. The van der Waals surface area contributed by atoms with E-state index >= 15 is 0 Å². The van der Waals surface area contributed by atoms with Gasteiger partial charge in [0.1, 0.15) is 0 Å². The van der Waals surface area contributed by atoms with Crippen LogP contribution in [0.25, 0.3) is 0 Å². The predicted molar refractivity (Wildman–Crippen MR) is 65.8 cm³/mol. The molecule has 2 unspecified atom stereocenters. The van der Waals surface area contributed by atoms with Crippen LogP contribution in [0.1, 0.15) is 12.6 Å². The fraction of sp³-hybridized carbons (Fsp3) is 0.583. The molecule has 17 heavy (non-hydrogen) atoms. The third-order valence-electron chi connectivity index (χ3n) is 2.93. The molecular formula is C12H19N3O2. The number of morpholine rings is 1. The van der Waals surface area contributed by atoms with Crippen LogP contribution in [0.2, 0.25) is 0 Å². The maximum atomic E-state index is 9.21. The average Bonchev–Trinajstić information content (AvgIpc) is 2.37. The molecule has 1 aromatic heterocycles. The van der Waals surface area contributed by atoms with Gasteiger partial charge in [-0.15, -0.1) is 0 Å². The molecule has 1 saturated heterocycles. The maximum absolute atomic E-state index is 9.21. The highest BCUT2D eigenvalue weighted by Crippen LogP contribution is 2.22. The molecule has 0 radical (unpaired) electrons. The molecule has 94 valence electrons. The van der Waals surface area contributed by atoms with Crippen molar-refractivity contribution in [3.8, 4) is 0 Å². The summed E-state index contributed by atoms with van der Waals surface area (Å²) in [6, 6.07) is 3.92. The van der Waals surface area contributed by atoms with Gasteiger partial charge in [-0.05, 0) is 19.1 Å². The number of hydrogen-bond donors (Lipinski definition) is 2. The lowest BCUT2D eigenvalue weighted by molar-refractivity contribution is -0.0421. The number of nitrogens with zero attached hydrogens (tertiary/aromatic N) is 2. The summed E-state index contributed by atoms with van der Waals surface area (Å²) < 4.78 is 5.62. The van der Waals surface area contributed by atoms with Crippen molar-refractivity contribution >= 4 is 5.69 Å². The van der Waals surface area contributed by atoms with Crippen LogP contribution < -0.4 is 10.6 Å². The Morgan fingerprint density at radius 3 is 3.12 bits per heavy atom. The van der Waals surface area contributed by atoms with Crippen molar-refractivity contribution in [2.24, 2.45) is 5.73 Å². The molecule has 2 rings (SSSR count). The smallest absolute Gasteiger partial charge is 0.0984 e. The normalized spacial score (nSPS) is 25.0. The second-order valence-electron chi connectivity index (χ2n) is 4.33. The minimum atomic E-state index is -0.135. The lowest BCUT2D eigenvalue weighted by Gasteiger charge is -2.38. The molecular weight excluding hydrogens is 218 g/mol. The highest BCUT2D eigenvalue weighted by atomic mass is 16.5. The van der Waals surface area contributed by atoms with Gasteiger partial charge in [-0.3, -0.25) is 4.98 Å². The van der Waals surface area contributed by atoms with Gasteiger partial charge in [0.25, 0.3) is 0 Å². The van der Waals surface area contributed by atoms with E-state index in [1.54, 1.807) is 6.20 Å². The van der Waals surface area contributed by atoms with Crippen molar-refractivity contribution in [3.63, 3.8) is 0 Å². The third kappa shape index (κ3) is 2.74. The fourth-order valence-corrected chi connectivity index (χ4v) is 2.22. The van der Waals surface area contributed by atoms with Crippen molar-refractivity contribution in [2.45, 2.75) is 25.7 Å². The number of ether oxygens (including phenoxy) is 1. The topological polar surface area (TPSA) is 71.6 Å². The van der Waals surface area contributed by atoms with Gasteiger partial charge < -0.3 is 20.5 Å². The van der Waals surface area contributed by atoms with Gasteiger partial charge in [0, 0.05) is 25.8 Å². The number of rotatable bonds is 3. The molecule has 0 saturated carbocycles. The molecule has 0 aliphatic carbocycles. The summed E-state index contributed by atoms with van der Waals surface area (Å²) in [6.45, 7) is 3.95.